The van der Waals surface area contributed by atoms with Crippen LogP contribution in [0.25, 0.3) is 17.2 Å². The molecule has 0 bridgehead atoms. The summed E-state index contributed by atoms with van der Waals surface area (Å²) in [6.45, 7) is 1.95. The average Bonchev–Trinajstić information content (AvgIpc) is 3.10. The van der Waals surface area contributed by atoms with Gasteiger partial charge in [-0.25, -0.2) is 4.79 Å². The fourth-order valence-electron chi connectivity index (χ4n) is 3.00. The van der Waals surface area contributed by atoms with Crippen molar-refractivity contribution in [1.29, 1.82) is 0 Å². The van der Waals surface area contributed by atoms with Crippen molar-refractivity contribution in [2.24, 2.45) is 14.1 Å². The molecule has 0 saturated heterocycles. The van der Waals surface area contributed by atoms with E-state index in [1.54, 1.807) is 57.7 Å². The highest BCUT2D eigenvalue weighted by molar-refractivity contribution is 6.30. The average molecular weight is 426 g/mol. The molecule has 2 heterocycles. The first-order valence-corrected chi connectivity index (χ1v) is 9.57. The van der Waals surface area contributed by atoms with E-state index < -0.39 is 5.97 Å². The molecule has 0 spiro atoms. The fraction of sp³-hybridized carbons (Fsp3) is 0.182. The molecule has 2 aromatic heterocycles. The number of ether oxygens (including phenoxy) is 1. The number of hydrogen-bond acceptors (Lipinski definition) is 5. The summed E-state index contributed by atoms with van der Waals surface area (Å²) in [5.74, 6) is -0.761. The topological polar surface area (TPSA) is 83.2 Å². The Morgan fingerprint density at radius 3 is 2.53 bits per heavy atom. The molecule has 3 rings (SSSR count). The van der Waals surface area contributed by atoms with Crippen molar-refractivity contribution in [2.45, 2.75) is 6.92 Å². The summed E-state index contributed by atoms with van der Waals surface area (Å²) in [6.07, 6.45) is 5.92. The van der Waals surface area contributed by atoms with E-state index in [-0.39, 0.29) is 17.9 Å². The van der Waals surface area contributed by atoms with Gasteiger partial charge < -0.3 is 9.30 Å². The number of esters is 1. The van der Waals surface area contributed by atoms with E-state index in [2.05, 4.69) is 5.10 Å². The highest BCUT2D eigenvalue weighted by Gasteiger charge is 2.21. The Morgan fingerprint density at radius 1 is 1.17 bits per heavy atom. The van der Waals surface area contributed by atoms with Crippen molar-refractivity contribution >= 4 is 29.4 Å². The molecule has 0 atom stereocenters. The summed E-state index contributed by atoms with van der Waals surface area (Å²) >= 11 is 5.93. The Balaban J connectivity index is 2.14. The number of carbonyl (C=O) groups excluding carboxylic acids is 2. The minimum Gasteiger partial charge on any atom is -0.463 e. The smallest absolute Gasteiger partial charge is 0.330 e. The van der Waals surface area contributed by atoms with Gasteiger partial charge in [0.15, 0.2) is 0 Å². The molecule has 30 heavy (non-hydrogen) atoms. The van der Waals surface area contributed by atoms with Gasteiger partial charge in [-0.1, -0.05) is 11.6 Å². The van der Waals surface area contributed by atoms with Gasteiger partial charge in [-0.3, -0.25) is 14.3 Å². The molecular formula is C22H20ClN3O4. The third-order valence-corrected chi connectivity index (χ3v) is 4.75. The SMILES string of the molecule is CCOC(=O)/C=C/c1cc(=O)n(C)cc1-c1cnn(C)c1C(=O)c1ccc(Cl)cc1. The summed E-state index contributed by atoms with van der Waals surface area (Å²) in [5, 5.41) is 4.77. The van der Waals surface area contributed by atoms with Crippen molar-refractivity contribution in [3.05, 3.63) is 81.0 Å². The van der Waals surface area contributed by atoms with Crippen LogP contribution in [0.3, 0.4) is 0 Å². The summed E-state index contributed by atoms with van der Waals surface area (Å²) in [4.78, 5) is 37.1. The second kappa shape index (κ2) is 8.92. The number of halogens is 1. The largest absolute Gasteiger partial charge is 0.463 e. The minimum atomic E-state index is -0.521. The second-order valence-electron chi connectivity index (χ2n) is 6.54. The third kappa shape index (κ3) is 4.41. The molecule has 0 N–H and O–H groups in total. The number of ketones is 1. The van der Waals surface area contributed by atoms with Crippen molar-refractivity contribution < 1.29 is 14.3 Å². The second-order valence-corrected chi connectivity index (χ2v) is 6.98. The van der Waals surface area contributed by atoms with E-state index in [1.807, 2.05) is 0 Å². The van der Waals surface area contributed by atoms with Crippen molar-refractivity contribution in [1.82, 2.24) is 14.3 Å². The third-order valence-electron chi connectivity index (χ3n) is 4.50. The number of aromatic nitrogens is 3. The zero-order chi connectivity index (χ0) is 21.8. The molecular weight excluding hydrogens is 406 g/mol. The molecule has 0 aliphatic heterocycles. The van der Waals surface area contributed by atoms with Gasteiger partial charge in [0.25, 0.3) is 5.56 Å². The normalized spacial score (nSPS) is 11.1. The molecule has 0 fully saturated rings. The summed E-state index contributed by atoms with van der Waals surface area (Å²) in [5.41, 5.74) is 2.15. The number of rotatable bonds is 6. The minimum absolute atomic E-state index is 0.240. The lowest BCUT2D eigenvalue weighted by Crippen LogP contribution is -2.16. The van der Waals surface area contributed by atoms with Gasteiger partial charge in [0.05, 0.1) is 12.8 Å². The first-order valence-electron chi connectivity index (χ1n) is 9.20. The van der Waals surface area contributed by atoms with Gasteiger partial charge in [-0.05, 0) is 42.8 Å². The summed E-state index contributed by atoms with van der Waals surface area (Å²) < 4.78 is 7.79. The lowest BCUT2D eigenvalue weighted by atomic mass is 9.98. The predicted molar refractivity (Wildman–Crippen MR) is 114 cm³/mol. The van der Waals surface area contributed by atoms with Crippen LogP contribution in [0.5, 0.6) is 0 Å². The molecule has 0 aliphatic rings. The first-order chi connectivity index (χ1) is 14.3. The van der Waals surface area contributed by atoms with Crippen LogP contribution in [0, 0.1) is 0 Å². The highest BCUT2D eigenvalue weighted by Crippen LogP contribution is 2.29. The number of carbonyl (C=O) groups is 2. The van der Waals surface area contributed by atoms with Gasteiger partial charge in [0.2, 0.25) is 5.78 Å². The Bertz CT molecular complexity index is 1190. The van der Waals surface area contributed by atoms with E-state index in [0.717, 1.165) is 0 Å². The van der Waals surface area contributed by atoms with Gasteiger partial charge >= 0.3 is 5.97 Å². The van der Waals surface area contributed by atoms with Gasteiger partial charge in [-0.15, -0.1) is 0 Å². The zero-order valence-electron chi connectivity index (χ0n) is 16.8. The van der Waals surface area contributed by atoms with Crippen LogP contribution in [0.15, 0.2) is 53.6 Å². The van der Waals surface area contributed by atoms with Crippen molar-refractivity contribution in [3.63, 3.8) is 0 Å². The molecule has 8 heteroatoms. The van der Waals surface area contributed by atoms with Crippen LogP contribution >= 0.6 is 11.6 Å². The molecule has 0 radical (unpaired) electrons. The molecule has 0 unspecified atom stereocenters. The summed E-state index contributed by atoms with van der Waals surface area (Å²) in [7, 11) is 3.28. The van der Waals surface area contributed by atoms with E-state index in [4.69, 9.17) is 16.3 Å². The Kier molecular flexibility index (Phi) is 6.32. The van der Waals surface area contributed by atoms with Crippen LogP contribution in [0.1, 0.15) is 28.5 Å². The van der Waals surface area contributed by atoms with E-state index in [0.29, 0.717) is 33.0 Å². The Hall–Kier alpha value is -3.45. The molecule has 0 aliphatic carbocycles. The monoisotopic (exact) mass is 425 g/mol. The van der Waals surface area contributed by atoms with Gasteiger partial charge in [0.1, 0.15) is 5.69 Å². The predicted octanol–water partition coefficient (Wildman–Crippen LogP) is 3.25. The molecule has 7 nitrogen and oxygen atoms in total. The molecule has 1 aromatic carbocycles. The van der Waals surface area contributed by atoms with Crippen molar-refractivity contribution in [2.75, 3.05) is 6.61 Å². The van der Waals surface area contributed by atoms with Crippen LogP contribution < -0.4 is 5.56 Å². The summed E-state index contributed by atoms with van der Waals surface area (Å²) in [6, 6.07) is 7.97. The molecule has 0 amide bonds. The lowest BCUT2D eigenvalue weighted by Gasteiger charge is -2.10. The van der Waals surface area contributed by atoms with Crippen LogP contribution in [0.2, 0.25) is 5.02 Å². The standard InChI is InChI=1S/C22H20ClN3O4/c1-4-30-20(28)10-7-15-11-19(27)25(2)13-18(15)17-12-24-26(3)21(17)22(29)14-5-8-16(23)9-6-14/h5-13H,4H2,1-3H3/b10-7+. The van der Waals surface area contributed by atoms with Crippen LogP contribution in [0.4, 0.5) is 0 Å². The number of hydrogen-bond donors (Lipinski definition) is 0. The van der Waals surface area contributed by atoms with E-state index >= 15 is 0 Å². The Labute approximate surface area is 178 Å². The highest BCUT2D eigenvalue weighted by atomic mass is 35.5. The van der Waals surface area contributed by atoms with Crippen LogP contribution in [-0.4, -0.2) is 32.7 Å². The van der Waals surface area contributed by atoms with Crippen molar-refractivity contribution in [3.8, 4) is 11.1 Å². The maximum absolute atomic E-state index is 13.2. The number of pyridine rings is 1. The number of nitrogens with zero attached hydrogens (tertiary/aromatic N) is 3. The van der Waals surface area contributed by atoms with Gasteiger partial charge in [-0.2, -0.15) is 5.10 Å². The first kappa shape index (κ1) is 21.3. The van der Waals surface area contributed by atoms with Crippen LogP contribution in [-0.2, 0) is 23.6 Å². The maximum Gasteiger partial charge on any atom is 0.330 e. The number of aryl methyl sites for hydroxylation is 2. The number of benzene rings is 1. The maximum atomic E-state index is 13.2. The Morgan fingerprint density at radius 2 is 1.87 bits per heavy atom. The van der Waals surface area contributed by atoms with E-state index in [1.165, 1.54) is 27.5 Å². The quantitative estimate of drug-likeness (QED) is 0.344. The molecule has 154 valence electrons. The van der Waals surface area contributed by atoms with Gasteiger partial charge in [0, 0.05) is 54.1 Å². The van der Waals surface area contributed by atoms with E-state index in [9.17, 15) is 14.4 Å². The lowest BCUT2D eigenvalue weighted by molar-refractivity contribution is -0.137. The molecule has 3 aromatic rings. The molecule has 0 saturated carbocycles. The fourth-order valence-corrected chi connectivity index (χ4v) is 3.12. The zero-order valence-corrected chi connectivity index (χ0v) is 17.5.